The lowest BCUT2D eigenvalue weighted by molar-refractivity contribution is 0.511. The van der Waals surface area contributed by atoms with Gasteiger partial charge in [-0.2, -0.15) is 0 Å². The summed E-state index contributed by atoms with van der Waals surface area (Å²) in [6.07, 6.45) is 1.12. The highest BCUT2D eigenvalue weighted by atomic mass is 79.9. The predicted molar refractivity (Wildman–Crippen MR) is 79.9 cm³/mol. The van der Waals surface area contributed by atoms with Gasteiger partial charge in [-0.15, -0.1) is 0 Å². The number of anilines is 1. The van der Waals surface area contributed by atoms with E-state index in [4.69, 9.17) is 0 Å². The first kappa shape index (κ1) is 12.8. The second-order valence-electron chi connectivity index (χ2n) is 4.53. The number of fused-ring (bicyclic) bond motifs is 1. The Morgan fingerprint density at radius 1 is 1.41 bits per heavy atom. The van der Waals surface area contributed by atoms with Gasteiger partial charge in [0.2, 0.25) is 0 Å². The molecule has 0 spiro atoms. The Kier molecular flexibility index (Phi) is 4.05. The molecular weight excluding hydrogens is 296 g/mol. The molecule has 2 nitrogen and oxygen atoms in total. The van der Waals surface area contributed by atoms with Crippen LogP contribution < -0.4 is 5.32 Å². The van der Waals surface area contributed by atoms with Crippen molar-refractivity contribution in [2.75, 3.05) is 5.32 Å². The van der Waals surface area contributed by atoms with Gasteiger partial charge >= 0.3 is 0 Å². The van der Waals surface area contributed by atoms with Gasteiger partial charge in [0.15, 0.2) is 5.13 Å². The Hall–Kier alpha value is -0.610. The second-order valence-corrected chi connectivity index (χ2v) is 6.48. The van der Waals surface area contributed by atoms with Crippen LogP contribution >= 0.6 is 27.3 Å². The zero-order valence-electron chi connectivity index (χ0n) is 10.3. The van der Waals surface area contributed by atoms with Crippen molar-refractivity contribution < 1.29 is 0 Å². The molecule has 0 amide bonds. The summed E-state index contributed by atoms with van der Waals surface area (Å²) in [5.74, 6) is 0.624. The van der Waals surface area contributed by atoms with Crippen LogP contribution in [0.4, 0.5) is 5.13 Å². The quantitative estimate of drug-likeness (QED) is 0.868. The number of nitrogens with one attached hydrogen (secondary N) is 1. The Labute approximate surface area is 115 Å². The summed E-state index contributed by atoms with van der Waals surface area (Å²) in [6.45, 7) is 6.69. The number of aromatic nitrogens is 1. The van der Waals surface area contributed by atoms with Gasteiger partial charge in [0.05, 0.1) is 10.2 Å². The minimum absolute atomic E-state index is 0.499. The maximum absolute atomic E-state index is 4.62. The summed E-state index contributed by atoms with van der Waals surface area (Å²) in [7, 11) is 0. The van der Waals surface area contributed by atoms with E-state index >= 15 is 0 Å². The third-order valence-corrected chi connectivity index (χ3v) is 4.36. The van der Waals surface area contributed by atoms with E-state index in [1.165, 1.54) is 4.70 Å². The molecule has 0 aliphatic rings. The average Bonchev–Trinajstić information content (AvgIpc) is 2.66. The molecule has 0 radical (unpaired) electrons. The zero-order valence-corrected chi connectivity index (χ0v) is 12.7. The van der Waals surface area contributed by atoms with Crippen molar-refractivity contribution in [1.29, 1.82) is 0 Å². The van der Waals surface area contributed by atoms with Crippen LogP contribution in [-0.2, 0) is 0 Å². The number of benzene rings is 1. The van der Waals surface area contributed by atoms with Gasteiger partial charge in [0.25, 0.3) is 0 Å². The van der Waals surface area contributed by atoms with E-state index in [0.29, 0.717) is 12.0 Å². The van der Waals surface area contributed by atoms with E-state index in [1.807, 2.05) is 0 Å². The molecule has 0 saturated carbocycles. The van der Waals surface area contributed by atoms with Gasteiger partial charge < -0.3 is 5.32 Å². The molecule has 2 rings (SSSR count). The molecule has 1 N–H and O–H groups in total. The van der Waals surface area contributed by atoms with Crippen molar-refractivity contribution in [3.05, 3.63) is 22.7 Å². The van der Waals surface area contributed by atoms with E-state index < -0.39 is 0 Å². The molecule has 0 fully saturated rings. The van der Waals surface area contributed by atoms with Crippen LogP contribution in [0, 0.1) is 5.92 Å². The third kappa shape index (κ3) is 2.99. The van der Waals surface area contributed by atoms with Crippen molar-refractivity contribution in [1.82, 2.24) is 4.98 Å². The smallest absolute Gasteiger partial charge is 0.184 e. The number of halogens is 1. The lowest BCUT2D eigenvalue weighted by Crippen LogP contribution is -2.24. The summed E-state index contributed by atoms with van der Waals surface area (Å²) in [4.78, 5) is 4.62. The fourth-order valence-electron chi connectivity index (χ4n) is 1.86. The van der Waals surface area contributed by atoms with E-state index in [1.54, 1.807) is 11.3 Å². The first-order chi connectivity index (χ1) is 8.10. The van der Waals surface area contributed by atoms with Crippen LogP contribution in [0.25, 0.3) is 10.2 Å². The molecule has 1 unspecified atom stereocenters. The molecule has 0 bridgehead atoms. The molecule has 0 saturated heterocycles. The molecule has 0 aliphatic heterocycles. The van der Waals surface area contributed by atoms with Crippen molar-refractivity contribution >= 4 is 42.6 Å². The van der Waals surface area contributed by atoms with Crippen molar-refractivity contribution in [3.8, 4) is 0 Å². The number of hydrogen-bond acceptors (Lipinski definition) is 3. The zero-order chi connectivity index (χ0) is 12.4. The van der Waals surface area contributed by atoms with Crippen molar-refractivity contribution in [2.24, 2.45) is 5.92 Å². The fourth-order valence-corrected chi connectivity index (χ4v) is 3.12. The lowest BCUT2D eigenvalue weighted by atomic mass is 10.0. The lowest BCUT2D eigenvalue weighted by Gasteiger charge is -2.19. The van der Waals surface area contributed by atoms with E-state index in [9.17, 15) is 0 Å². The molecule has 2 aromatic rings. The summed E-state index contributed by atoms with van der Waals surface area (Å²) < 4.78 is 2.31. The van der Waals surface area contributed by atoms with Crippen LogP contribution in [0.5, 0.6) is 0 Å². The van der Waals surface area contributed by atoms with Crippen molar-refractivity contribution in [2.45, 2.75) is 33.2 Å². The number of rotatable bonds is 4. The summed E-state index contributed by atoms with van der Waals surface area (Å²) >= 11 is 5.20. The first-order valence-corrected chi connectivity index (χ1v) is 7.53. The van der Waals surface area contributed by atoms with E-state index in [-0.39, 0.29) is 0 Å². The minimum Gasteiger partial charge on any atom is -0.359 e. The van der Waals surface area contributed by atoms with E-state index in [2.05, 4.69) is 65.2 Å². The largest absolute Gasteiger partial charge is 0.359 e. The molecule has 4 heteroatoms. The van der Waals surface area contributed by atoms with Gasteiger partial charge in [-0.3, -0.25) is 0 Å². The van der Waals surface area contributed by atoms with Crippen LogP contribution in [0.3, 0.4) is 0 Å². The summed E-state index contributed by atoms with van der Waals surface area (Å²) in [6, 6.07) is 6.73. The minimum atomic E-state index is 0.499. The molecule has 1 heterocycles. The Balaban J connectivity index is 2.24. The fraction of sp³-hybridized carbons (Fsp3) is 0.462. The highest BCUT2D eigenvalue weighted by molar-refractivity contribution is 9.10. The Morgan fingerprint density at radius 3 is 2.82 bits per heavy atom. The van der Waals surface area contributed by atoms with Gasteiger partial charge in [-0.1, -0.05) is 48.0 Å². The monoisotopic (exact) mass is 312 g/mol. The normalized spacial score (nSPS) is 13.2. The van der Waals surface area contributed by atoms with Crippen LogP contribution in [0.2, 0.25) is 0 Å². The second kappa shape index (κ2) is 5.36. The molecule has 92 valence electrons. The molecule has 1 aromatic heterocycles. The summed E-state index contributed by atoms with van der Waals surface area (Å²) in [5, 5.41) is 4.56. The molecule has 0 aliphatic carbocycles. The van der Waals surface area contributed by atoms with Crippen LogP contribution in [0.1, 0.15) is 27.2 Å². The van der Waals surface area contributed by atoms with Crippen LogP contribution in [-0.4, -0.2) is 11.0 Å². The topological polar surface area (TPSA) is 24.9 Å². The van der Waals surface area contributed by atoms with E-state index in [0.717, 1.165) is 21.5 Å². The van der Waals surface area contributed by atoms with Gasteiger partial charge in [0.1, 0.15) is 0 Å². The Bertz CT molecular complexity index is 507. The van der Waals surface area contributed by atoms with Gasteiger partial charge in [-0.05, 0) is 30.5 Å². The van der Waals surface area contributed by atoms with Crippen molar-refractivity contribution in [3.63, 3.8) is 0 Å². The highest BCUT2D eigenvalue weighted by Gasteiger charge is 2.13. The standard InChI is InChI=1S/C13H17BrN2S/c1-4-10(8(2)3)15-13-16-11-7-9(14)5-6-12(11)17-13/h5-8,10H,4H2,1-3H3,(H,15,16). The van der Waals surface area contributed by atoms with Crippen LogP contribution in [0.15, 0.2) is 22.7 Å². The average molecular weight is 313 g/mol. The number of nitrogens with zero attached hydrogens (tertiary/aromatic N) is 1. The van der Waals surface area contributed by atoms with Gasteiger partial charge in [-0.25, -0.2) is 4.98 Å². The first-order valence-electron chi connectivity index (χ1n) is 5.92. The number of hydrogen-bond donors (Lipinski definition) is 1. The maximum atomic E-state index is 4.62. The van der Waals surface area contributed by atoms with Gasteiger partial charge in [0, 0.05) is 10.5 Å². The SMILES string of the molecule is CCC(Nc1nc2cc(Br)ccc2s1)C(C)C. The molecule has 17 heavy (non-hydrogen) atoms. The number of thiazole rings is 1. The Morgan fingerprint density at radius 2 is 2.18 bits per heavy atom. The predicted octanol–water partition coefficient (Wildman–Crippen LogP) is 4.91. The molecule has 1 aromatic carbocycles. The maximum Gasteiger partial charge on any atom is 0.184 e. The third-order valence-electron chi connectivity index (χ3n) is 2.90. The molecular formula is C13H17BrN2S. The summed E-state index contributed by atoms with van der Waals surface area (Å²) in [5.41, 5.74) is 1.06. The highest BCUT2D eigenvalue weighted by Crippen LogP contribution is 2.29. The molecule has 1 atom stereocenters.